The number of ether oxygens (including phenoxy) is 1. The Hall–Kier alpha value is -0.990. The van der Waals surface area contributed by atoms with Crippen molar-refractivity contribution in [2.24, 2.45) is 0 Å². The summed E-state index contributed by atoms with van der Waals surface area (Å²) in [5.41, 5.74) is 0.108. The maximum atomic E-state index is 13.3. The molecule has 0 spiro atoms. The fourth-order valence-electron chi connectivity index (χ4n) is 2.19. The topological polar surface area (TPSA) is 63.7 Å². The van der Waals surface area contributed by atoms with Crippen molar-refractivity contribution in [1.82, 2.24) is 0 Å². The standard InChI is InChI=1S/C17H15BrCl3NO4S/c1-10(2)26-17(23)9-22(15-6-3-11(18)7-14(15)21)27(24,25)16-8-12(19)4-5-13(16)20/h3-8,10H,9H2,1-2H3. The third kappa shape index (κ3) is 5.51. The Morgan fingerprint density at radius 3 is 2.37 bits per heavy atom. The number of sulfonamides is 1. The van der Waals surface area contributed by atoms with Crippen molar-refractivity contribution in [2.45, 2.75) is 24.8 Å². The minimum absolute atomic E-state index is 0.0325. The fourth-order valence-corrected chi connectivity index (χ4v) is 5.19. The minimum atomic E-state index is -4.26. The molecule has 2 aromatic rings. The Morgan fingerprint density at radius 1 is 1.11 bits per heavy atom. The van der Waals surface area contributed by atoms with Crippen LogP contribution in [0.1, 0.15) is 13.8 Å². The Morgan fingerprint density at radius 2 is 1.78 bits per heavy atom. The van der Waals surface area contributed by atoms with E-state index in [0.717, 1.165) is 4.31 Å². The molecule has 0 radical (unpaired) electrons. The highest BCUT2D eigenvalue weighted by molar-refractivity contribution is 9.10. The van der Waals surface area contributed by atoms with Crippen LogP contribution in [-0.4, -0.2) is 27.0 Å². The van der Waals surface area contributed by atoms with E-state index >= 15 is 0 Å². The first kappa shape index (κ1) is 22.3. The van der Waals surface area contributed by atoms with Crippen LogP contribution in [0.15, 0.2) is 45.8 Å². The predicted octanol–water partition coefficient (Wildman–Crippen LogP) is 5.56. The number of esters is 1. The predicted molar refractivity (Wildman–Crippen MR) is 111 cm³/mol. The molecular formula is C17H15BrCl3NO4S. The Bertz CT molecular complexity index is 967. The van der Waals surface area contributed by atoms with Gasteiger partial charge in [-0.2, -0.15) is 0 Å². The minimum Gasteiger partial charge on any atom is -0.462 e. The van der Waals surface area contributed by atoms with Crippen molar-refractivity contribution in [2.75, 3.05) is 10.8 Å². The normalized spacial score (nSPS) is 11.5. The van der Waals surface area contributed by atoms with E-state index in [4.69, 9.17) is 39.5 Å². The molecule has 27 heavy (non-hydrogen) atoms. The van der Waals surface area contributed by atoms with Crippen LogP contribution in [0.3, 0.4) is 0 Å². The maximum absolute atomic E-state index is 13.3. The van der Waals surface area contributed by atoms with Gasteiger partial charge in [0.05, 0.1) is 21.8 Å². The second kappa shape index (κ2) is 9.01. The van der Waals surface area contributed by atoms with Gasteiger partial charge >= 0.3 is 5.97 Å². The SMILES string of the molecule is CC(C)OC(=O)CN(c1ccc(Br)cc1Cl)S(=O)(=O)c1cc(Cl)ccc1Cl. The van der Waals surface area contributed by atoms with Gasteiger partial charge in [0.2, 0.25) is 0 Å². The molecule has 10 heteroatoms. The summed E-state index contributed by atoms with van der Waals surface area (Å²) < 4.78 is 33.1. The molecule has 146 valence electrons. The van der Waals surface area contributed by atoms with Crippen molar-refractivity contribution in [3.63, 3.8) is 0 Å². The molecule has 0 aliphatic rings. The van der Waals surface area contributed by atoms with Crippen LogP contribution in [0, 0.1) is 0 Å². The van der Waals surface area contributed by atoms with E-state index in [2.05, 4.69) is 15.9 Å². The highest BCUT2D eigenvalue weighted by Crippen LogP contribution is 2.35. The summed E-state index contributed by atoms with van der Waals surface area (Å²) in [6.07, 6.45) is -0.405. The lowest BCUT2D eigenvalue weighted by Crippen LogP contribution is -2.37. The van der Waals surface area contributed by atoms with Gasteiger partial charge in [0.15, 0.2) is 0 Å². The van der Waals surface area contributed by atoms with E-state index in [-0.39, 0.29) is 25.7 Å². The molecule has 0 saturated carbocycles. The zero-order valence-corrected chi connectivity index (χ0v) is 18.9. The van der Waals surface area contributed by atoms with Crippen molar-refractivity contribution in [1.29, 1.82) is 0 Å². The number of carbonyl (C=O) groups excluding carboxylic acids is 1. The molecule has 0 aromatic heterocycles. The average molecular weight is 516 g/mol. The Kier molecular flexibility index (Phi) is 7.44. The first-order valence-electron chi connectivity index (χ1n) is 7.64. The van der Waals surface area contributed by atoms with Crippen molar-refractivity contribution in [3.05, 3.63) is 55.9 Å². The highest BCUT2D eigenvalue weighted by atomic mass is 79.9. The van der Waals surface area contributed by atoms with Crippen LogP contribution < -0.4 is 4.31 Å². The van der Waals surface area contributed by atoms with Gasteiger partial charge in [0.25, 0.3) is 10.0 Å². The molecule has 0 amide bonds. The summed E-state index contributed by atoms with van der Waals surface area (Å²) in [5.74, 6) is -0.731. The van der Waals surface area contributed by atoms with Gasteiger partial charge in [-0.05, 0) is 50.2 Å². The molecule has 0 aliphatic carbocycles. The quantitative estimate of drug-likeness (QED) is 0.473. The van der Waals surface area contributed by atoms with Gasteiger partial charge in [-0.15, -0.1) is 0 Å². The number of carbonyl (C=O) groups is 1. The highest BCUT2D eigenvalue weighted by Gasteiger charge is 2.31. The molecule has 0 fully saturated rings. The van der Waals surface area contributed by atoms with Crippen LogP contribution in [-0.2, 0) is 19.6 Å². The van der Waals surface area contributed by atoms with E-state index in [1.165, 1.54) is 30.3 Å². The number of hydrogen-bond donors (Lipinski definition) is 0. The number of benzene rings is 2. The van der Waals surface area contributed by atoms with E-state index in [1.54, 1.807) is 19.9 Å². The van der Waals surface area contributed by atoms with Crippen LogP contribution in [0.2, 0.25) is 15.1 Å². The second-order valence-corrected chi connectivity index (χ2v) is 9.72. The van der Waals surface area contributed by atoms with Crippen LogP contribution in [0.25, 0.3) is 0 Å². The van der Waals surface area contributed by atoms with Gasteiger partial charge in [0, 0.05) is 9.50 Å². The van der Waals surface area contributed by atoms with Crippen LogP contribution in [0.4, 0.5) is 5.69 Å². The molecule has 0 aliphatic heterocycles. The Labute approximate surface area is 181 Å². The first-order chi connectivity index (χ1) is 12.5. The zero-order valence-electron chi connectivity index (χ0n) is 14.2. The zero-order chi connectivity index (χ0) is 20.4. The van der Waals surface area contributed by atoms with Crippen LogP contribution >= 0.6 is 50.7 Å². The summed E-state index contributed by atoms with van der Waals surface area (Å²) >= 11 is 21.5. The van der Waals surface area contributed by atoms with Crippen molar-refractivity contribution < 1.29 is 17.9 Å². The van der Waals surface area contributed by atoms with Crippen molar-refractivity contribution >= 4 is 72.4 Å². The lowest BCUT2D eigenvalue weighted by atomic mass is 10.3. The summed E-state index contributed by atoms with van der Waals surface area (Å²) in [6, 6.07) is 8.65. The summed E-state index contributed by atoms with van der Waals surface area (Å²) in [4.78, 5) is 12.0. The number of hydrogen-bond acceptors (Lipinski definition) is 4. The first-order valence-corrected chi connectivity index (χ1v) is 11.0. The monoisotopic (exact) mass is 513 g/mol. The van der Waals surface area contributed by atoms with Gasteiger partial charge in [-0.1, -0.05) is 50.7 Å². The van der Waals surface area contributed by atoms with Gasteiger partial charge < -0.3 is 4.74 Å². The van der Waals surface area contributed by atoms with Crippen molar-refractivity contribution in [3.8, 4) is 0 Å². The fraction of sp³-hybridized carbons (Fsp3) is 0.235. The molecule has 0 bridgehead atoms. The Balaban J connectivity index is 2.60. The van der Waals surface area contributed by atoms with E-state index in [1.807, 2.05) is 0 Å². The molecule has 2 aromatic carbocycles. The van der Waals surface area contributed by atoms with Gasteiger partial charge in [0.1, 0.15) is 11.4 Å². The second-order valence-electron chi connectivity index (χ2n) is 5.72. The average Bonchev–Trinajstić information content (AvgIpc) is 2.54. The van der Waals surface area contributed by atoms with Crippen LogP contribution in [0.5, 0.6) is 0 Å². The maximum Gasteiger partial charge on any atom is 0.327 e. The number of rotatable bonds is 6. The smallest absolute Gasteiger partial charge is 0.327 e. The van der Waals surface area contributed by atoms with E-state index < -0.39 is 28.6 Å². The third-order valence-electron chi connectivity index (χ3n) is 3.28. The van der Waals surface area contributed by atoms with E-state index in [0.29, 0.717) is 4.47 Å². The van der Waals surface area contributed by atoms with Gasteiger partial charge in [-0.25, -0.2) is 8.42 Å². The lowest BCUT2D eigenvalue weighted by molar-refractivity contribution is -0.145. The molecule has 0 unspecified atom stereocenters. The molecule has 0 saturated heterocycles. The molecule has 5 nitrogen and oxygen atoms in total. The summed E-state index contributed by atoms with van der Waals surface area (Å²) in [5, 5.41) is 0.280. The molecule has 0 atom stereocenters. The molecular weight excluding hydrogens is 501 g/mol. The number of anilines is 1. The van der Waals surface area contributed by atoms with Gasteiger partial charge in [-0.3, -0.25) is 9.10 Å². The molecule has 0 heterocycles. The third-order valence-corrected chi connectivity index (χ3v) is 6.55. The largest absolute Gasteiger partial charge is 0.462 e. The molecule has 2 rings (SSSR count). The summed E-state index contributed by atoms with van der Waals surface area (Å²) in [7, 11) is -4.26. The van der Waals surface area contributed by atoms with E-state index in [9.17, 15) is 13.2 Å². The number of nitrogens with zero attached hydrogens (tertiary/aromatic N) is 1. The number of halogens is 4. The lowest BCUT2D eigenvalue weighted by Gasteiger charge is -2.25. The summed E-state index contributed by atoms with van der Waals surface area (Å²) in [6.45, 7) is 2.75. The molecule has 0 N–H and O–H groups in total.